The maximum Gasteiger partial charge on any atom is 0.119 e. The van der Waals surface area contributed by atoms with Crippen molar-refractivity contribution in [3.05, 3.63) is 28.3 Å². The molecule has 4 heteroatoms. The molecule has 0 spiro atoms. The summed E-state index contributed by atoms with van der Waals surface area (Å²) >= 11 is 6.07. The van der Waals surface area contributed by atoms with Crippen LogP contribution in [0.5, 0.6) is 5.75 Å². The third-order valence-electron chi connectivity index (χ3n) is 2.63. The highest BCUT2D eigenvalue weighted by Crippen LogP contribution is 2.25. The minimum atomic E-state index is -0.380. The molecule has 1 atom stereocenters. The monoisotopic (exact) mass is 257 g/mol. The molecule has 17 heavy (non-hydrogen) atoms. The molecule has 1 rings (SSSR count). The Kier molecular flexibility index (Phi) is 5.75. The van der Waals surface area contributed by atoms with Crippen LogP contribution in [0.3, 0.4) is 0 Å². The van der Waals surface area contributed by atoms with Crippen molar-refractivity contribution >= 4 is 11.6 Å². The van der Waals surface area contributed by atoms with E-state index >= 15 is 0 Å². The topological polar surface area (TPSA) is 55.5 Å². The van der Waals surface area contributed by atoms with Crippen molar-refractivity contribution < 1.29 is 9.84 Å². The van der Waals surface area contributed by atoms with E-state index in [9.17, 15) is 5.11 Å². The van der Waals surface area contributed by atoms with Crippen molar-refractivity contribution in [3.63, 3.8) is 0 Å². The number of benzene rings is 1. The van der Waals surface area contributed by atoms with E-state index in [1.54, 1.807) is 0 Å². The predicted octanol–water partition coefficient (Wildman–Crippen LogP) is 2.44. The Hall–Kier alpha value is -0.770. The largest absolute Gasteiger partial charge is 0.493 e. The fourth-order valence-electron chi connectivity index (χ4n) is 1.64. The van der Waals surface area contributed by atoms with E-state index in [0.29, 0.717) is 26.0 Å². The van der Waals surface area contributed by atoms with Crippen LogP contribution >= 0.6 is 11.6 Å². The lowest BCUT2D eigenvalue weighted by atomic mass is 10.1. The SMILES string of the molecule is Cc1cc(OCCC(O)CCN)cc(C)c1Cl. The van der Waals surface area contributed by atoms with E-state index in [-0.39, 0.29) is 6.10 Å². The minimum absolute atomic E-state index is 0.380. The van der Waals surface area contributed by atoms with E-state index in [2.05, 4.69) is 0 Å². The predicted molar refractivity (Wildman–Crippen MR) is 70.7 cm³/mol. The number of nitrogens with two attached hydrogens (primary N) is 1. The van der Waals surface area contributed by atoms with Crippen molar-refractivity contribution in [3.8, 4) is 5.75 Å². The third kappa shape index (κ3) is 4.54. The molecule has 0 amide bonds. The summed E-state index contributed by atoms with van der Waals surface area (Å²) < 4.78 is 5.58. The number of hydrogen-bond acceptors (Lipinski definition) is 3. The molecule has 1 aromatic carbocycles. The molecule has 0 aromatic heterocycles. The van der Waals surface area contributed by atoms with Gasteiger partial charge in [0.15, 0.2) is 0 Å². The van der Waals surface area contributed by atoms with Gasteiger partial charge in [0.2, 0.25) is 0 Å². The third-order valence-corrected chi connectivity index (χ3v) is 3.23. The standard InChI is InChI=1S/C13H20ClNO2/c1-9-7-12(8-10(2)13(9)14)17-6-4-11(16)3-5-15/h7-8,11,16H,3-6,15H2,1-2H3. The molecule has 96 valence electrons. The summed E-state index contributed by atoms with van der Waals surface area (Å²) in [6.45, 7) is 4.89. The van der Waals surface area contributed by atoms with Crippen LogP contribution in [0.2, 0.25) is 5.02 Å². The van der Waals surface area contributed by atoms with Gasteiger partial charge in [-0.3, -0.25) is 0 Å². The Morgan fingerprint density at radius 1 is 1.29 bits per heavy atom. The van der Waals surface area contributed by atoms with Crippen LogP contribution in [-0.2, 0) is 0 Å². The first-order chi connectivity index (χ1) is 8.04. The van der Waals surface area contributed by atoms with Crippen LogP contribution in [0.15, 0.2) is 12.1 Å². The van der Waals surface area contributed by atoms with Gasteiger partial charge in [0.25, 0.3) is 0 Å². The first-order valence-corrected chi connectivity index (χ1v) is 6.20. The van der Waals surface area contributed by atoms with Gasteiger partial charge >= 0.3 is 0 Å². The zero-order chi connectivity index (χ0) is 12.8. The summed E-state index contributed by atoms with van der Waals surface area (Å²) in [5.41, 5.74) is 7.36. The summed E-state index contributed by atoms with van der Waals surface area (Å²) in [5.74, 6) is 0.796. The molecule has 0 heterocycles. The zero-order valence-corrected chi connectivity index (χ0v) is 11.1. The molecule has 3 nitrogen and oxygen atoms in total. The van der Waals surface area contributed by atoms with E-state index in [4.69, 9.17) is 22.1 Å². The van der Waals surface area contributed by atoms with Crippen LogP contribution in [0.25, 0.3) is 0 Å². The summed E-state index contributed by atoms with van der Waals surface area (Å²) in [4.78, 5) is 0. The molecule has 0 aliphatic rings. The smallest absolute Gasteiger partial charge is 0.119 e. The van der Waals surface area contributed by atoms with E-state index in [1.165, 1.54) is 0 Å². The number of aliphatic hydroxyl groups is 1. The van der Waals surface area contributed by atoms with Crippen molar-refractivity contribution in [2.24, 2.45) is 5.73 Å². The number of aliphatic hydroxyl groups excluding tert-OH is 1. The molecular formula is C13H20ClNO2. The highest BCUT2D eigenvalue weighted by molar-refractivity contribution is 6.32. The van der Waals surface area contributed by atoms with Gasteiger partial charge in [-0.05, 0) is 50.1 Å². The second-order valence-electron chi connectivity index (χ2n) is 4.24. The maximum atomic E-state index is 9.50. The van der Waals surface area contributed by atoms with Gasteiger partial charge in [0, 0.05) is 11.4 Å². The highest BCUT2D eigenvalue weighted by Gasteiger charge is 2.05. The fraction of sp³-hybridized carbons (Fsp3) is 0.538. The average molecular weight is 258 g/mol. The number of rotatable bonds is 6. The molecule has 0 fully saturated rings. The van der Waals surface area contributed by atoms with Gasteiger partial charge in [0.05, 0.1) is 12.7 Å². The normalized spacial score (nSPS) is 12.5. The van der Waals surface area contributed by atoms with E-state index < -0.39 is 0 Å². The quantitative estimate of drug-likeness (QED) is 0.823. The van der Waals surface area contributed by atoms with Gasteiger partial charge in [-0.1, -0.05) is 11.6 Å². The Bertz CT molecular complexity index is 345. The zero-order valence-electron chi connectivity index (χ0n) is 10.4. The summed E-state index contributed by atoms with van der Waals surface area (Å²) in [5, 5.41) is 10.3. The Morgan fingerprint density at radius 3 is 2.41 bits per heavy atom. The van der Waals surface area contributed by atoms with Gasteiger partial charge in [-0.15, -0.1) is 0 Å². The average Bonchev–Trinajstić information content (AvgIpc) is 2.26. The second-order valence-corrected chi connectivity index (χ2v) is 4.62. The second kappa shape index (κ2) is 6.84. The van der Waals surface area contributed by atoms with Gasteiger partial charge in [-0.25, -0.2) is 0 Å². The first-order valence-electron chi connectivity index (χ1n) is 5.82. The van der Waals surface area contributed by atoms with E-state index in [1.807, 2.05) is 26.0 Å². The molecule has 0 saturated carbocycles. The molecule has 3 N–H and O–H groups in total. The van der Waals surface area contributed by atoms with Crippen LogP contribution in [-0.4, -0.2) is 24.4 Å². The molecular weight excluding hydrogens is 238 g/mol. The van der Waals surface area contributed by atoms with E-state index in [0.717, 1.165) is 21.9 Å². The van der Waals surface area contributed by atoms with Gasteiger partial charge < -0.3 is 15.6 Å². The molecule has 0 aliphatic carbocycles. The molecule has 0 bridgehead atoms. The number of hydrogen-bond donors (Lipinski definition) is 2. The van der Waals surface area contributed by atoms with Crippen LogP contribution in [0, 0.1) is 13.8 Å². The van der Waals surface area contributed by atoms with Gasteiger partial charge in [-0.2, -0.15) is 0 Å². The van der Waals surface area contributed by atoms with Crippen molar-refractivity contribution in [1.29, 1.82) is 0 Å². The number of halogens is 1. The van der Waals surface area contributed by atoms with Crippen LogP contribution in [0.1, 0.15) is 24.0 Å². The minimum Gasteiger partial charge on any atom is -0.493 e. The molecule has 0 saturated heterocycles. The lowest BCUT2D eigenvalue weighted by Crippen LogP contribution is -2.16. The first kappa shape index (κ1) is 14.3. The number of aryl methyl sites for hydroxylation is 2. The molecule has 1 unspecified atom stereocenters. The van der Waals surface area contributed by atoms with Crippen molar-refractivity contribution in [1.82, 2.24) is 0 Å². The van der Waals surface area contributed by atoms with Gasteiger partial charge in [0.1, 0.15) is 5.75 Å². The fourth-order valence-corrected chi connectivity index (χ4v) is 1.75. The summed E-state index contributed by atoms with van der Waals surface area (Å²) in [7, 11) is 0. The molecule has 0 radical (unpaired) electrons. The summed E-state index contributed by atoms with van der Waals surface area (Å²) in [6.07, 6.45) is 0.828. The Morgan fingerprint density at radius 2 is 1.88 bits per heavy atom. The van der Waals surface area contributed by atoms with Crippen molar-refractivity contribution in [2.75, 3.05) is 13.2 Å². The number of ether oxygens (including phenoxy) is 1. The Labute approximate surface area is 108 Å². The lowest BCUT2D eigenvalue weighted by molar-refractivity contribution is 0.133. The highest BCUT2D eigenvalue weighted by atomic mass is 35.5. The van der Waals surface area contributed by atoms with Crippen molar-refractivity contribution in [2.45, 2.75) is 32.8 Å². The van der Waals surface area contributed by atoms with Crippen LogP contribution < -0.4 is 10.5 Å². The molecule has 1 aromatic rings. The molecule has 0 aliphatic heterocycles. The lowest BCUT2D eigenvalue weighted by Gasteiger charge is -2.12. The maximum absolute atomic E-state index is 9.50. The van der Waals surface area contributed by atoms with Crippen LogP contribution in [0.4, 0.5) is 0 Å². The summed E-state index contributed by atoms with van der Waals surface area (Å²) in [6, 6.07) is 3.81. The Balaban J connectivity index is 2.47.